The Balaban J connectivity index is 1.93. The number of rotatable bonds is 5. The number of nitrogens with zero attached hydrogens (tertiary/aromatic N) is 1. The van der Waals surface area contributed by atoms with Crippen LogP contribution in [0.2, 0.25) is 0 Å². The molecule has 96 valence electrons. The molecule has 0 saturated carbocycles. The number of carbonyl (C=O) groups is 1. The maximum absolute atomic E-state index is 11.9. The Hall–Kier alpha value is -1.62. The van der Waals surface area contributed by atoms with Crippen LogP contribution in [0.4, 0.5) is 0 Å². The molecule has 0 saturated heterocycles. The molecule has 1 amide bonds. The Morgan fingerprint density at radius 2 is 2.39 bits per heavy atom. The number of H-pyrrole nitrogens is 1. The van der Waals surface area contributed by atoms with Gasteiger partial charge in [-0.05, 0) is 36.4 Å². The summed E-state index contributed by atoms with van der Waals surface area (Å²) in [5.41, 5.74) is 2.69. The van der Waals surface area contributed by atoms with E-state index in [2.05, 4.69) is 28.5 Å². The Kier molecular flexibility index (Phi) is 4.15. The van der Waals surface area contributed by atoms with Crippen LogP contribution in [0.5, 0.6) is 0 Å². The highest BCUT2D eigenvalue weighted by atomic mass is 32.1. The van der Waals surface area contributed by atoms with Crippen LogP contribution in [0.1, 0.15) is 40.0 Å². The minimum absolute atomic E-state index is 0.124. The molecule has 0 aromatic carbocycles. The van der Waals surface area contributed by atoms with Crippen LogP contribution in [-0.4, -0.2) is 16.1 Å². The molecule has 2 aromatic heterocycles. The van der Waals surface area contributed by atoms with E-state index < -0.39 is 0 Å². The van der Waals surface area contributed by atoms with Gasteiger partial charge in [0.2, 0.25) is 0 Å². The van der Waals surface area contributed by atoms with Gasteiger partial charge in [-0.25, -0.2) is 0 Å². The van der Waals surface area contributed by atoms with Crippen molar-refractivity contribution in [3.63, 3.8) is 0 Å². The summed E-state index contributed by atoms with van der Waals surface area (Å²) in [7, 11) is 0. The Bertz CT molecular complexity index is 530. The molecule has 2 aromatic rings. The van der Waals surface area contributed by atoms with Crippen LogP contribution >= 0.6 is 11.3 Å². The molecule has 0 aliphatic heterocycles. The first-order chi connectivity index (χ1) is 8.70. The standard InChI is InChI=1S/C13H17N3OS/c1-3-4-10-7-11(16-15-10)13(17)14-8-12-9(2)5-6-18-12/h5-7H,3-4,8H2,1-2H3,(H,14,17)(H,15,16). The molecule has 0 aliphatic rings. The van der Waals surface area contributed by atoms with E-state index in [0.29, 0.717) is 12.2 Å². The van der Waals surface area contributed by atoms with Gasteiger partial charge in [-0.15, -0.1) is 11.3 Å². The molecule has 0 bridgehead atoms. The molecule has 0 spiro atoms. The van der Waals surface area contributed by atoms with Gasteiger partial charge in [0.1, 0.15) is 5.69 Å². The number of amides is 1. The normalized spacial score (nSPS) is 10.6. The quantitative estimate of drug-likeness (QED) is 0.871. The van der Waals surface area contributed by atoms with Crippen LogP contribution in [0.15, 0.2) is 17.5 Å². The second-order valence-electron chi connectivity index (χ2n) is 4.24. The number of aromatic amines is 1. The third kappa shape index (κ3) is 2.98. The van der Waals surface area contributed by atoms with Gasteiger partial charge in [-0.2, -0.15) is 5.10 Å². The van der Waals surface area contributed by atoms with E-state index in [1.165, 1.54) is 10.4 Å². The maximum atomic E-state index is 11.9. The number of nitrogens with one attached hydrogen (secondary N) is 2. The molecule has 0 atom stereocenters. The van der Waals surface area contributed by atoms with Crippen molar-refractivity contribution >= 4 is 17.2 Å². The monoisotopic (exact) mass is 263 g/mol. The highest BCUT2D eigenvalue weighted by molar-refractivity contribution is 7.10. The van der Waals surface area contributed by atoms with Crippen molar-refractivity contribution in [2.75, 3.05) is 0 Å². The summed E-state index contributed by atoms with van der Waals surface area (Å²) in [5.74, 6) is -0.124. The smallest absolute Gasteiger partial charge is 0.272 e. The topological polar surface area (TPSA) is 57.8 Å². The fraction of sp³-hybridized carbons (Fsp3) is 0.385. The van der Waals surface area contributed by atoms with E-state index in [1.54, 1.807) is 11.3 Å². The summed E-state index contributed by atoms with van der Waals surface area (Å²) >= 11 is 1.66. The van der Waals surface area contributed by atoms with Gasteiger partial charge in [-0.3, -0.25) is 9.89 Å². The number of hydrogen-bond donors (Lipinski definition) is 2. The van der Waals surface area contributed by atoms with Crippen molar-refractivity contribution < 1.29 is 4.79 Å². The second-order valence-corrected chi connectivity index (χ2v) is 5.24. The molecule has 0 fully saturated rings. The van der Waals surface area contributed by atoms with E-state index >= 15 is 0 Å². The number of carbonyl (C=O) groups excluding carboxylic acids is 1. The molecule has 4 nitrogen and oxygen atoms in total. The van der Waals surface area contributed by atoms with Crippen molar-refractivity contribution in [1.82, 2.24) is 15.5 Å². The van der Waals surface area contributed by atoms with Crippen molar-refractivity contribution in [2.45, 2.75) is 33.2 Å². The van der Waals surface area contributed by atoms with Crippen molar-refractivity contribution in [3.05, 3.63) is 39.3 Å². The minimum Gasteiger partial charge on any atom is -0.346 e. The van der Waals surface area contributed by atoms with Gasteiger partial charge < -0.3 is 5.32 Å². The SMILES string of the molecule is CCCc1cc(C(=O)NCc2sccc2C)n[nH]1. The summed E-state index contributed by atoms with van der Waals surface area (Å²) in [5, 5.41) is 11.8. The van der Waals surface area contributed by atoms with Crippen molar-refractivity contribution in [3.8, 4) is 0 Å². The Morgan fingerprint density at radius 3 is 3.06 bits per heavy atom. The average molecular weight is 263 g/mol. The van der Waals surface area contributed by atoms with E-state index in [-0.39, 0.29) is 5.91 Å². The van der Waals surface area contributed by atoms with E-state index in [4.69, 9.17) is 0 Å². The van der Waals surface area contributed by atoms with Crippen molar-refractivity contribution in [2.24, 2.45) is 0 Å². The van der Waals surface area contributed by atoms with E-state index in [9.17, 15) is 4.79 Å². The Morgan fingerprint density at radius 1 is 1.56 bits per heavy atom. The second kappa shape index (κ2) is 5.82. The number of thiophene rings is 1. The van der Waals surface area contributed by atoms with E-state index in [1.807, 2.05) is 18.4 Å². The summed E-state index contributed by atoms with van der Waals surface area (Å²) in [4.78, 5) is 13.1. The lowest BCUT2D eigenvalue weighted by Gasteiger charge is -2.01. The minimum atomic E-state index is -0.124. The Labute approximate surface area is 110 Å². The lowest BCUT2D eigenvalue weighted by atomic mass is 10.2. The fourth-order valence-corrected chi connectivity index (χ4v) is 2.56. The lowest BCUT2D eigenvalue weighted by molar-refractivity contribution is 0.0946. The van der Waals surface area contributed by atoms with Gasteiger partial charge in [0, 0.05) is 10.6 Å². The third-order valence-electron chi connectivity index (χ3n) is 2.76. The van der Waals surface area contributed by atoms with E-state index in [0.717, 1.165) is 18.5 Å². The summed E-state index contributed by atoms with van der Waals surface area (Å²) in [6.45, 7) is 4.71. The fourth-order valence-electron chi connectivity index (χ4n) is 1.71. The lowest BCUT2D eigenvalue weighted by Crippen LogP contribution is -2.22. The largest absolute Gasteiger partial charge is 0.346 e. The molecule has 2 N–H and O–H groups in total. The number of aromatic nitrogens is 2. The number of aryl methyl sites for hydroxylation is 2. The van der Waals surface area contributed by atoms with Gasteiger partial charge >= 0.3 is 0 Å². The molecular weight excluding hydrogens is 246 g/mol. The van der Waals surface area contributed by atoms with Crippen LogP contribution in [0.25, 0.3) is 0 Å². The van der Waals surface area contributed by atoms with Crippen LogP contribution < -0.4 is 5.32 Å². The summed E-state index contributed by atoms with van der Waals surface area (Å²) in [6, 6.07) is 3.88. The zero-order valence-corrected chi connectivity index (χ0v) is 11.4. The molecule has 5 heteroatoms. The van der Waals surface area contributed by atoms with Gasteiger partial charge in [0.25, 0.3) is 5.91 Å². The predicted molar refractivity (Wildman–Crippen MR) is 72.8 cm³/mol. The molecule has 0 radical (unpaired) electrons. The van der Waals surface area contributed by atoms with Crippen molar-refractivity contribution in [1.29, 1.82) is 0 Å². The first kappa shape index (κ1) is 12.8. The third-order valence-corrected chi connectivity index (χ3v) is 3.78. The zero-order valence-electron chi connectivity index (χ0n) is 10.6. The average Bonchev–Trinajstić information content (AvgIpc) is 2.96. The zero-order chi connectivity index (χ0) is 13.0. The van der Waals surface area contributed by atoms with Gasteiger partial charge in [0.05, 0.1) is 6.54 Å². The number of hydrogen-bond acceptors (Lipinski definition) is 3. The van der Waals surface area contributed by atoms with Gasteiger partial charge in [0.15, 0.2) is 0 Å². The highest BCUT2D eigenvalue weighted by Gasteiger charge is 2.10. The molecule has 0 unspecified atom stereocenters. The molecule has 2 heterocycles. The molecular formula is C13H17N3OS. The maximum Gasteiger partial charge on any atom is 0.272 e. The molecule has 2 rings (SSSR count). The van der Waals surface area contributed by atoms with Crippen LogP contribution in [0, 0.1) is 6.92 Å². The first-order valence-electron chi connectivity index (χ1n) is 6.06. The summed E-state index contributed by atoms with van der Waals surface area (Å²) in [6.07, 6.45) is 1.96. The van der Waals surface area contributed by atoms with Gasteiger partial charge in [-0.1, -0.05) is 13.3 Å². The first-order valence-corrected chi connectivity index (χ1v) is 6.94. The molecule has 18 heavy (non-hydrogen) atoms. The highest BCUT2D eigenvalue weighted by Crippen LogP contribution is 2.15. The van der Waals surface area contributed by atoms with Crippen LogP contribution in [0.3, 0.4) is 0 Å². The van der Waals surface area contributed by atoms with Crippen LogP contribution in [-0.2, 0) is 13.0 Å². The molecule has 0 aliphatic carbocycles. The predicted octanol–water partition coefficient (Wildman–Crippen LogP) is 2.66. The summed E-state index contributed by atoms with van der Waals surface area (Å²) < 4.78 is 0.